The van der Waals surface area contributed by atoms with E-state index in [1.807, 2.05) is 19.1 Å². The van der Waals surface area contributed by atoms with E-state index >= 15 is 0 Å². The quantitative estimate of drug-likeness (QED) is 0.144. The van der Waals surface area contributed by atoms with Gasteiger partial charge in [-0.3, -0.25) is 5.41 Å². The molecule has 0 aliphatic heterocycles. The van der Waals surface area contributed by atoms with E-state index in [2.05, 4.69) is 18.4 Å². The van der Waals surface area contributed by atoms with Gasteiger partial charge >= 0.3 is 0 Å². The normalized spacial score (nSPS) is 14.0. The zero-order chi connectivity index (χ0) is 17.5. The predicted molar refractivity (Wildman–Crippen MR) is 102 cm³/mol. The number of aromatic hydroxyl groups is 1. The molecule has 0 unspecified atom stereocenters. The molecule has 0 saturated heterocycles. The second-order valence-electron chi connectivity index (χ2n) is 6.21. The maximum absolute atomic E-state index is 10.5. The highest BCUT2D eigenvalue weighted by Gasteiger charge is 2.17. The summed E-state index contributed by atoms with van der Waals surface area (Å²) in [6, 6.07) is 4.03. The number of nitrogens with one attached hydrogen (secondary N) is 1. The Morgan fingerprint density at radius 1 is 1.21 bits per heavy atom. The molecule has 5 heteroatoms. The molecule has 0 radical (unpaired) electrons. The third kappa shape index (κ3) is 5.01. The van der Waals surface area contributed by atoms with E-state index < -0.39 is 0 Å². The molecule has 128 valence electrons. The fraction of sp³-hybridized carbons (Fsp3) is 0.368. The van der Waals surface area contributed by atoms with Crippen molar-refractivity contribution in [3.63, 3.8) is 0 Å². The number of aryl methyl sites for hydroxylation is 2. The number of quaternary nitrogens is 1. The molecule has 0 bridgehead atoms. The molecule has 0 aromatic heterocycles. The zero-order valence-electron chi connectivity index (χ0n) is 14.4. The van der Waals surface area contributed by atoms with Crippen LogP contribution in [0.4, 0.5) is 5.69 Å². The SMILES string of the molecule is CCCCCCc1cc(C)cc([NH2+]NC2=CC(=S)C=CC2=[NH2+])c1O. The van der Waals surface area contributed by atoms with Crippen molar-refractivity contribution in [3.8, 4) is 5.75 Å². The van der Waals surface area contributed by atoms with Crippen molar-refractivity contribution < 1.29 is 15.9 Å². The van der Waals surface area contributed by atoms with Crippen molar-refractivity contribution in [3.05, 3.63) is 47.2 Å². The number of hydrogen-bond donors (Lipinski definition) is 4. The lowest BCUT2D eigenvalue weighted by atomic mass is 10.0. The topological polar surface area (TPSA) is 74.5 Å². The molecule has 1 aromatic rings. The monoisotopic (exact) mass is 345 g/mol. The molecule has 0 heterocycles. The fourth-order valence-electron chi connectivity index (χ4n) is 2.74. The first-order valence-electron chi connectivity index (χ1n) is 8.50. The lowest BCUT2D eigenvalue weighted by molar-refractivity contribution is -0.625. The van der Waals surface area contributed by atoms with Crippen molar-refractivity contribution in [2.45, 2.75) is 46.0 Å². The van der Waals surface area contributed by atoms with Crippen LogP contribution in [0.15, 0.2) is 36.1 Å². The molecule has 6 N–H and O–H groups in total. The maximum atomic E-state index is 10.5. The highest BCUT2D eigenvalue weighted by atomic mass is 32.1. The first-order valence-corrected chi connectivity index (χ1v) is 8.91. The minimum absolute atomic E-state index is 0.345. The van der Waals surface area contributed by atoms with E-state index in [1.165, 1.54) is 19.3 Å². The first kappa shape index (κ1) is 18.4. The number of phenolic OH excluding ortho intramolecular Hbond substituents is 1. The Labute approximate surface area is 149 Å². The summed E-state index contributed by atoms with van der Waals surface area (Å²) >= 11 is 5.17. The van der Waals surface area contributed by atoms with Gasteiger partial charge in [0.2, 0.25) is 5.71 Å². The van der Waals surface area contributed by atoms with Gasteiger partial charge in [0.15, 0.2) is 17.1 Å². The van der Waals surface area contributed by atoms with Gasteiger partial charge < -0.3 is 5.11 Å². The van der Waals surface area contributed by atoms with Crippen LogP contribution in [-0.4, -0.2) is 15.7 Å². The van der Waals surface area contributed by atoms with Gasteiger partial charge in [-0.2, -0.15) is 0 Å². The van der Waals surface area contributed by atoms with Crippen LogP contribution in [0.2, 0.25) is 0 Å². The fourth-order valence-corrected chi connectivity index (χ4v) is 2.93. The number of thiocarbonyl (C=S) groups is 1. The van der Waals surface area contributed by atoms with E-state index in [9.17, 15) is 5.11 Å². The number of allylic oxidation sites excluding steroid dienone is 3. The second-order valence-corrected chi connectivity index (χ2v) is 6.68. The third-order valence-electron chi connectivity index (χ3n) is 4.07. The minimum Gasteiger partial charge on any atom is -0.502 e. The Morgan fingerprint density at radius 3 is 2.75 bits per heavy atom. The van der Waals surface area contributed by atoms with Crippen molar-refractivity contribution >= 4 is 28.5 Å². The highest BCUT2D eigenvalue weighted by Crippen LogP contribution is 2.27. The smallest absolute Gasteiger partial charge is 0.225 e. The van der Waals surface area contributed by atoms with Crippen molar-refractivity contribution in [1.82, 2.24) is 5.43 Å². The van der Waals surface area contributed by atoms with Crippen LogP contribution in [0.25, 0.3) is 0 Å². The number of unbranched alkanes of at least 4 members (excludes halogenated alkanes) is 3. The first-order chi connectivity index (χ1) is 11.5. The second kappa shape index (κ2) is 8.76. The average Bonchev–Trinajstić information content (AvgIpc) is 2.55. The van der Waals surface area contributed by atoms with Gasteiger partial charge in [-0.05, 0) is 37.5 Å². The predicted octanol–water partition coefficient (Wildman–Crippen LogP) is 1.55. The Morgan fingerprint density at radius 2 is 2.00 bits per heavy atom. The summed E-state index contributed by atoms with van der Waals surface area (Å²) in [6.45, 7) is 4.25. The van der Waals surface area contributed by atoms with Crippen LogP contribution in [0.1, 0.15) is 43.7 Å². The number of benzene rings is 1. The molecule has 0 atom stereocenters. The summed E-state index contributed by atoms with van der Waals surface area (Å²) in [5, 5.41) is 16.5. The highest BCUT2D eigenvalue weighted by molar-refractivity contribution is 7.81. The molecule has 1 aliphatic rings. The van der Waals surface area contributed by atoms with Crippen LogP contribution >= 0.6 is 12.2 Å². The van der Waals surface area contributed by atoms with E-state index in [4.69, 9.17) is 17.6 Å². The van der Waals surface area contributed by atoms with Crippen LogP contribution < -0.4 is 16.3 Å². The Bertz CT molecular complexity index is 692. The van der Waals surface area contributed by atoms with Gasteiger partial charge in [0.25, 0.3) is 0 Å². The minimum atomic E-state index is 0.345. The van der Waals surface area contributed by atoms with Crippen LogP contribution in [0.5, 0.6) is 5.75 Å². The van der Waals surface area contributed by atoms with Crippen LogP contribution in [0.3, 0.4) is 0 Å². The summed E-state index contributed by atoms with van der Waals surface area (Å²) in [4.78, 5) is 0.727. The van der Waals surface area contributed by atoms with Gasteiger partial charge in [0.05, 0.1) is 0 Å². The Hall–Kier alpha value is -1.98. The molecule has 0 amide bonds. The molecule has 4 nitrogen and oxygen atoms in total. The van der Waals surface area contributed by atoms with E-state index in [0.717, 1.165) is 40.2 Å². The van der Waals surface area contributed by atoms with Gasteiger partial charge in [-0.15, -0.1) is 0 Å². The van der Waals surface area contributed by atoms with Gasteiger partial charge in [0, 0.05) is 22.6 Å². The summed E-state index contributed by atoms with van der Waals surface area (Å²) in [5.74, 6) is 0.345. The largest absolute Gasteiger partial charge is 0.502 e. The van der Waals surface area contributed by atoms with Crippen molar-refractivity contribution in [2.24, 2.45) is 0 Å². The third-order valence-corrected chi connectivity index (χ3v) is 4.32. The summed E-state index contributed by atoms with van der Waals surface area (Å²) in [7, 11) is 0. The molecule has 24 heavy (non-hydrogen) atoms. The number of nitrogens with two attached hydrogens (primary N) is 2. The number of hydrogen-bond acceptors (Lipinski definition) is 3. The van der Waals surface area contributed by atoms with E-state index in [1.54, 1.807) is 17.6 Å². The van der Waals surface area contributed by atoms with Gasteiger partial charge in [0.1, 0.15) is 0 Å². The average molecular weight is 346 g/mol. The zero-order valence-corrected chi connectivity index (χ0v) is 15.2. The van der Waals surface area contributed by atoms with Gasteiger partial charge in [-0.25, -0.2) is 10.9 Å². The molecular weight excluding hydrogens is 318 g/mol. The lowest BCUT2D eigenvalue weighted by Crippen LogP contribution is -2.88. The Kier molecular flexibility index (Phi) is 6.70. The molecule has 0 spiro atoms. The molecule has 1 aliphatic carbocycles. The molecule has 1 aromatic carbocycles. The molecule has 0 saturated carbocycles. The number of phenols is 1. The van der Waals surface area contributed by atoms with Crippen LogP contribution in [0, 0.1) is 6.92 Å². The van der Waals surface area contributed by atoms with Crippen molar-refractivity contribution in [2.75, 3.05) is 0 Å². The summed E-state index contributed by atoms with van der Waals surface area (Å²) < 4.78 is 0. The van der Waals surface area contributed by atoms with Crippen LogP contribution in [-0.2, 0) is 6.42 Å². The summed E-state index contributed by atoms with van der Waals surface area (Å²) in [5.41, 5.74) is 9.26. The van der Waals surface area contributed by atoms with Crippen molar-refractivity contribution in [1.29, 1.82) is 0 Å². The van der Waals surface area contributed by atoms with Gasteiger partial charge in [-0.1, -0.05) is 44.5 Å². The molecule has 2 rings (SSSR count). The standard InChI is InChI=1S/C19H25N3OS/c1-3-4-5-6-7-14-10-13(2)11-18(19(14)23)22-21-17-12-15(24)8-9-16(17)20/h8-12,20-23H,3-7H2,1-2H3/p+2. The van der Waals surface area contributed by atoms with E-state index in [-0.39, 0.29) is 0 Å². The number of rotatable bonds is 8. The molecular formula is C19H27N3OS+2. The maximum Gasteiger partial charge on any atom is 0.225 e. The summed E-state index contributed by atoms with van der Waals surface area (Å²) in [6.07, 6.45) is 11.1. The molecule has 0 fully saturated rings. The lowest BCUT2D eigenvalue weighted by Gasteiger charge is -2.12. The Balaban J connectivity index is 2.06. The van der Waals surface area contributed by atoms with E-state index in [0.29, 0.717) is 11.5 Å².